The number of halogens is 2. The minimum absolute atomic E-state index is 0.000865. The third-order valence-corrected chi connectivity index (χ3v) is 9.41. The molecule has 0 unspecified atom stereocenters. The molecule has 1 atom stereocenters. The lowest BCUT2D eigenvalue weighted by atomic mass is 10.0. The van der Waals surface area contributed by atoms with Crippen molar-refractivity contribution in [3.05, 3.63) is 124 Å². The molecule has 1 N–H and O–H groups in total. The predicted octanol–water partition coefficient (Wildman–Crippen LogP) is 6.28. The zero-order valence-corrected chi connectivity index (χ0v) is 27.6. The normalized spacial score (nSPS) is 11.8. The average molecular weight is 669 g/mol. The van der Waals surface area contributed by atoms with Crippen LogP contribution in [0.2, 0.25) is 10.0 Å². The monoisotopic (exact) mass is 667 g/mol. The van der Waals surface area contributed by atoms with Gasteiger partial charge in [-0.05, 0) is 67.4 Å². The van der Waals surface area contributed by atoms with Crippen LogP contribution in [0.25, 0.3) is 0 Å². The van der Waals surface area contributed by atoms with E-state index in [1.807, 2.05) is 37.3 Å². The lowest BCUT2D eigenvalue weighted by Gasteiger charge is -2.34. The van der Waals surface area contributed by atoms with E-state index in [9.17, 15) is 18.0 Å². The number of ether oxygens (including phenoxy) is 1. The second-order valence-electron chi connectivity index (χ2n) is 10.4. The number of nitrogens with one attached hydrogen (secondary N) is 1. The molecule has 0 radical (unpaired) electrons. The maximum Gasteiger partial charge on any atom is 0.264 e. The molecule has 2 amide bonds. The molecule has 11 heteroatoms. The summed E-state index contributed by atoms with van der Waals surface area (Å²) in [4.78, 5) is 29.5. The quantitative estimate of drug-likeness (QED) is 0.181. The van der Waals surface area contributed by atoms with Gasteiger partial charge in [-0.1, -0.05) is 83.4 Å². The minimum Gasteiger partial charge on any atom is -0.495 e. The molecule has 0 aliphatic rings. The third-order valence-electron chi connectivity index (χ3n) is 7.16. The van der Waals surface area contributed by atoms with Crippen molar-refractivity contribution >= 4 is 50.7 Å². The molecule has 4 aromatic carbocycles. The van der Waals surface area contributed by atoms with Gasteiger partial charge in [0.25, 0.3) is 10.0 Å². The Morgan fingerprint density at radius 3 is 2.18 bits per heavy atom. The molecule has 236 valence electrons. The fourth-order valence-electron chi connectivity index (χ4n) is 4.89. The topological polar surface area (TPSA) is 96.0 Å². The summed E-state index contributed by atoms with van der Waals surface area (Å²) >= 11 is 12.6. The molecule has 45 heavy (non-hydrogen) atoms. The van der Waals surface area contributed by atoms with Crippen LogP contribution in [-0.2, 0) is 32.6 Å². The van der Waals surface area contributed by atoms with E-state index in [0.29, 0.717) is 17.1 Å². The van der Waals surface area contributed by atoms with Gasteiger partial charge in [-0.3, -0.25) is 13.9 Å². The Kier molecular flexibility index (Phi) is 11.5. The highest BCUT2D eigenvalue weighted by Gasteiger charge is 2.35. The van der Waals surface area contributed by atoms with Crippen LogP contribution in [0.3, 0.4) is 0 Å². The van der Waals surface area contributed by atoms with Crippen LogP contribution in [0, 0.1) is 6.92 Å². The van der Waals surface area contributed by atoms with Gasteiger partial charge in [-0.2, -0.15) is 0 Å². The number of sulfonamides is 1. The van der Waals surface area contributed by atoms with Gasteiger partial charge in [-0.25, -0.2) is 8.42 Å². The zero-order chi connectivity index (χ0) is 32.6. The fraction of sp³-hybridized carbons (Fsp3) is 0.235. The van der Waals surface area contributed by atoms with E-state index in [1.54, 1.807) is 49.4 Å². The summed E-state index contributed by atoms with van der Waals surface area (Å²) in [5.74, 6) is -0.779. The lowest BCUT2D eigenvalue weighted by molar-refractivity contribution is -0.140. The van der Waals surface area contributed by atoms with Crippen molar-refractivity contribution in [3.8, 4) is 5.75 Å². The summed E-state index contributed by atoms with van der Waals surface area (Å²) in [6, 6.07) is 26.2. The number of amides is 2. The van der Waals surface area contributed by atoms with Crippen LogP contribution in [0.5, 0.6) is 5.75 Å². The molecule has 0 spiro atoms. The van der Waals surface area contributed by atoms with Crippen LogP contribution in [-0.4, -0.2) is 51.4 Å². The molecule has 4 aromatic rings. The number of carbonyl (C=O) groups is 2. The van der Waals surface area contributed by atoms with Gasteiger partial charge in [-0.15, -0.1) is 0 Å². The number of anilines is 1. The molecule has 0 saturated carbocycles. The summed E-state index contributed by atoms with van der Waals surface area (Å²) in [5.41, 5.74) is 2.46. The largest absolute Gasteiger partial charge is 0.495 e. The first-order chi connectivity index (χ1) is 21.5. The summed E-state index contributed by atoms with van der Waals surface area (Å²) in [6.45, 7) is 3.34. The number of benzene rings is 4. The maximum absolute atomic E-state index is 14.5. The summed E-state index contributed by atoms with van der Waals surface area (Å²) in [7, 11) is -2.91. The van der Waals surface area contributed by atoms with Crippen molar-refractivity contribution in [1.29, 1.82) is 0 Å². The number of methoxy groups -OCH3 is 1. The van der Waals surface area contributed by atoms with Crippen molar-refractivity contribution in [2.24, 2.45) is 0 Å². The third kappa shape index (κ3) is 8.57. The molecule has 0 fully saturated rings. The van der Waals surface area contributed by atoms with Gasteiger partial charge in [0.2, 0.25) is 11.8 Å². The summed E-state index contributed by atoms with van der Waals surface area (Å²) < 4.78 is 35.0. The van der Waals surface area contributed by atoms with Gasteiger partial charge in [0.1, 0.15) is 18.3 Å². The molecule has 0 heterocycles. The van der Waals surface area contributed by atoms with Crippen LogP contribution >= 0.6 is 23.2 Å². The summed E-state index contributed by atoms with van der Waals surface area (Å²) in [6.07, 6.45) is 0.199. The van der Waals surface area contributed by atoms with Crippen molar-refractivity contribution in [3.63, 3.8) is 0 Å². The molecule has 0 aliphatic heterocycles. The minimum atomic E-state index is -4.32. The van der Waals surface area contributed by atoms with Crippen LogP contribution in [0.15, 0.2) is 102 Å². The number of carbonyl (C=O) groups excluding carboxylic acids is 2. The van der Waals surface area contributed by atoms with E-state index in [1.165, 1.54) is 36.3 Å². The smallest absolute Gasteiger partial charge is 0.264 e. The molecule has 0 saturated heterocycles. The molecular formula is C34H35Cl2N3O5S. The molecule has 0 aliphatic carbocycles. The van der Waals surface area contributed by atoms with E-state index < -0.39 is 28.5 Å². The standard InChI is InChI=1S/C34H35Cl2N3O5S/c1-4-37-34(41)31(20-25-9-6-5-7-10-25)38(22-26-11-8-12-27(35)19-26)33(40)23-39(30-21-28(36)15-18-32(30)44-3)45(42,43)29-16-13-24(2)14-17-29/h5-19,21,31H,4,20,22-23H2,1-3H3,(H,37,41)/t31-/m1/s1. The van der Waals surface area contributed by atoms with Gasteiger partial charge in [0.15, 0.2) is 0 Å². The first-order valence-electron chi connectivity index (χ1n) is 14.3. The van der Waals surface area contributed by atoms with Crippen LogP contribution in [0.4, 0.5) is 5.69 Å². The second-order valence-corrected chi connectivity index (χ2v) is 13.1. The molecule has 4 rings (SSSR count). The number of aryl methyl sites for hydroxylation is 1. The van der Waals surface area contributed by atoms with E-state index >= 15 is 0 Å². The lowest BCUT2D eigenvalue weighted by Crippen LogP contribution is -2.53. The number of hydrogen-bond acceptors (Lipinski definition) is 5. The first-order valence-corrected chi connectivity index (χ1v) is 16.5. The van der Waals surface area contributed by atoms with Crippen LogP contribution in [0.1, 0.15) is 23.6 Å². The number of rotatable bonds is 13. The Morgan fingerprint density at radius 2 is 1.53 bits per heavy atom. The maximum atomic E-state index is 14.5. The highest BCUT2D eigenvalue weighted by Crippen LogP contribution is 2.35. The number of likely N-dealkylation sites (N-methyl/N-ethyl adjacent to an activating group) is 1. The molecule has 8 nitrogen and oxygen atoms in total. The first kappa shape index (κ1) is 33.8. The van der Waals surface area contributed by atoms with E-state index in [0.717, 1.165) is 15.4 Å². The predicted molar refractivity (Wildman–Crippen MR) is 178 cm³/mol. The second kappa shape index (κ2) is 15.3. The Labute approximate surface area is 274 Å². The van der Waals surface area contributed by atoms with E-state index in [2.05, 4.69) is 5.32 Å². The Bertz CT molecular complexity index is 1730. The van der Waals surface area contributed by atoms with E-state index in [-0.39, 0.29) is 40.2 Å². The molecular weight excluding hydrogens is 633 g/mol. The van der Waals surface area contributed by atoms with Crippen molar-refractivity contribution < 1.29 is 22.7 Å². The van der Waals surface area contributed by atoms with Crippen molar-refractivity contribution in [1.82, 2.24) is 10.2 Å². The van der Waals surface area contributed by atoms with Gasteiger partial charge in [0.05, 0.1) is 17.7 Å². The van der Waals surface area contributed by atoms with Gasteiger partial charge < -0.3 is 15.0 Å². The highest BCUT2D eigenvalue weighted by molar-refractivity contribution is 7.92. The Morgan fingerprint density at radius 1 is 0.867 bits per heavy atom. The number of nitrogens with zero attached hydrogens (tertiary/aromatic N) is 2. The zero-order valence-electron chi connectivity index (χ0n) is 25.2. The van der Waals surface area contributed by atoms with E-state index in [4.69, 9.17) is 27.9 Å². The number of hydrogen-bond donors (Lipinski definition) is 1. The SMILES string of the molecule is CCNC(=O)[C@@H](Cc1ccccc1)N(Cc1cccc(Cl)c1)C(=O)CN(c1cc(Cl)ccc1OC)S(=O)(=O)c1ccc(C)cc1. The molecule has 0 bridgehead atoms. The van der Waals surface area contributed by atoms with Gasteiger partial charge >= 0.3 is 0 Å². The van der Waals surface area contributed by atoms with Crippen molar-refractivity contribution in [2.75, 3.05) is 24.5 Å². The highest BCUT2D eigenvalue weighted by atomic mass is 35.5. The van der Waals surface area contributed by atoms with Crippen molar-refractivity contribution in [2.45, 2.75) is 37.8 Å². The summed E-state index contributed by atoms with van der Waals surface area (Å²) in [5, 5.41) is 3.56. The Balaban J connectivity index is 1.85. The Hall–Kier alpha value is -4.05. The van der Waals surface area contributed by atoms with Gasteiger partial charge in [0, 0.05) is 29.6 Å². The van der Waals surface area contributed by atoms with Crippen LogP contribution < -0.4 is 14.4 Å². The molecule has 0 aromatic heterocycles. The average Bonchev–Trinajstić information content (AvgIpc) is 3.02. The fourth-order valence-corrected chi connectivity index (χ4v) is 6.68.